The Morgan fingerprint density at radius 1 is 1.21 bits per heavy atom. The average Bonchev–Trinajstić information content (AvgIpc) is 3.38. The molecular formula is C24H28N4O4PS+. The first kappa shape index (κ1) is 23.2. The zero-order valence-corrected chi connectivity index (χ0v) is 20.6. The van der Waals surface area contributed by atoms with Gasteiger partial charge in [0.15, 0.2) is 0 Å². The second-order valence-electron chi connectivity index (χ2n) is 8.98. The fraction of sp³-hybridized carbons (Fsp3) is 0.333. The number of hydrogen-bond donors (Lipinski definition) is 3. The summed E-state index contributed by atoms with van der Waals surface area (Å²) < 4.78 is 11.2. The number of nitrogens with zero attached hydrogens (tertiary/aromatic N) is 2. The van der Waals surface area contributed by atoms with E-state index in [-0.39, 0.29) is 11.3 Å². The molecule has 2 aliphatic heterocycles. The van der Waals surface area contributed by atoms with Crippen LogP contribution in [0.25, 0.3) is 10.4 Å². The number of nitrogen functional groups attached to an aromatic ring is 1. The van der Waals surface area contributed by atoms with Gasteiger partial charge in [0, 0.05) is 29.6 Å². The fourth-order valence-corrected chi connectivity index (χ4v) is 6.08. The topological polar surface area (TPSA) is 110 Å². The molecule has 4 heterocycles. The maximum Gasteiger partial charge on any atom is 0.405 e. The van der Waals surface area contributed by atoms with Gasteiger partial charge in [-0.1, -0.05) is 12.1 Å². The van der Waals surface area contributed by atoms with Gasteiger partial charge in [0.05, 0.1) is 16.9 Å². The van der Waals surface area contributed by atoms with E-state index in [4.69, 9.17) is 14.8 Å². The second kappa shape index (κ2) is 9.24. The van der Waals surface area contributed by atoms with E-state index in [1.807, 2.05) is 35.7 Å². The molecule has 0 atom stereocenters. The lowest BCUT2D eigenvalue weighted by Crippen LogP contribution is -2.47. The van der Waals surface area contributed by atoms with E-state index in [2.05, 4.69) is 15.2 Å². The smallest absolute Gasteiger partial charge is 0.397 e. The van der Waals surface area contributed by atoms with Gasteiger partial charge in [-0.3, -0.25) is 4.79 Å². The predicted molar refractivity (Wildman–Crippen MR) is 137 cm³/mol. The van der Waals surface area contributed by atoms with Crippen LogP contribution in [0.2, 0.25) is 0 Å². The third-order valence-corrected chi connectivity index (χ3v) is 8.62. The summed E-state index contributed by atoms with van der Waals surface area (Å²) in [4.78, 5) is 30.7. The average molecular weight is 500 g/mol. The quantitative estimate of drug-likeness (QED) is 0.354. The van der Waals surface area contributed by atoms with E-state index < -0.39 is 7.94 Å². The second-order valence-corrected chi connectivity index (χ2v) is 12.0. The lowest BCUT2D eigenvalue weighted by atomic mass is 9.80. The summed E-state index contributed by atoms with van der Waals surface area (Å²) >= 11 is 1.64. The van der Waals surface area contributed by atoms with E-state index in [9.17, 15) is 9.69 Å². The Morgan fingerprint density at radius 3 is 2.62 bits per heavy atom. The molecule has 0 bridgehead atoms. The number of nitrogens with one attached hydrogen (secondary N) is 1. The number of hydrogen-bond acceptors (Lipinski definition) is 8. The summed E-state index contributed by atoms with van der Waals surface area (Å²) in [6.45, 7) is 4.33. The number of nitrogens with two attached hydrogens (primary N) is 1. The normalized spacial score (nSPS) is 19.2. The Balaban J connectivity index is 1.21. The molecule has 34 heavy (non-hydrogen) atoms. The summed E-state index contributed by atoms with van der Waals surface area (Å²) in [5.74, 6) is 0.585. The molecule has 0 unspecified atom stereocenters. The van der Waals surface area contributed by atoms with Gasteiger partial charge < -0.3 is 16.0 Å². The molecule has 3 aromatic rings. The van der Waals surface area contributed by atoms with Crippen molar-refractivity contribution < 1.29 is 18.7 Å². The zero-order chi connectivity index (χ0) is 23.8. The van der Waals surface area contributed by atoms with Gasteiger partial charge in [-0.15, -0.1) is 11.3 Å². The number of anilines is 3. The maximum absolute atomic E-state index is 12.8. The van der Waals surface area contributed by atoms with Crippen LogP contribution in [-0.4, -0.2) is 48.8 Å². The number of amides is 1. The molecule has 4 N–H and O–H groups in total. The highest BCUT2D eigenvalue weighted by Crippen LogP contribution is 2.59. The van der Waals surface area contributed by atoms with Crippen molar-refractivity contribution in [2.75, 3.05) is 48.9 Å². The molecule has 0 aliphatic carbocycles. The first-order valence-corrected chi connectivity index (χ1v) is 14.1. The number of carbonyl (C=O) groups excluding carboxylic acids is 1. The van der Waals surface area contributed by atoms with Crippen LogP contribution in [0.3, 0.4) is 0 Å². The molecule has 2 aromatic heterocycles. The van der Waals surface area contributed by atoms with E-state index >= 15 is 0 Å². The number of aromatic nitrogens is 1. The van der Waals surface area contributed by atoms with Crippen LogP contribution in [0.15, 0.2) is 54.0 Å². The summed E-state index contributed by atoms with van der Waals surface area (Å²) in [5.41, 5.74) is 8.63. The van der Waals surface area contributed by atoms with Crippen molar-refractivity contribution in [2.45, 2.75) is 12.8 Å². The third-order valence-electron chi connectivity index (χ3n) is 6.49. The number of rotatable bonds is 4. The van der Waals surface area contributed by atoms with Crippen LogP contribution in [0.4, 0.5) is 17.2 Å². The molecule has 1 spiro atoms. The molecule has 2 saturated heterocycles. The van der Waals surface area contributed by atoms with Crippen LogP contribution in [-0.2, 0) is 9.05 Å². The first-order chi connectivity index (χ1) is 16.3. The maximum atomic E-state index is 12.8. The first-order valence-electron chi connectivity index (χ1n) is 11.2. The standard InChI is InChI=1S/C24H27N4O4PS/c1-33(30)31-15-24(16-32-33)8-10-28(11-9-24)22-7-5-18(14-26-22)23(29)27-20-13-17(4-6-19(20)25)21-3-2-12-34-21/h2-7,12-14,30H,8-11,15-16,25H2,1H3/p+1. The molecule has 10 heteroatoms. The number of benzene rings is 1. The van der Waals surface area contributed by atoms with Gasteiger partial charge in [0.2, 0.25) is 0 Å². The molecule has 8 nitrogen and oxygen atoms in total. The van der Waals surface area contributed by atoms with Crippen molar-refractivity contribution in [3.8, 4) is 10.4 Å². The van der Waals surface area contributed by atoms with Crippen LogP contribution in [0.1, 0.15) is 23.2 Å². The minimum atomic E-state index is -2.63. The Labute approximate surface area is 203 Å². The van der Waals surface area contributed by atoms with Gasteiger partial charge in [-0.2, -0.15) is 13.9 Å². The van der Waals surface area contributed by atoms with Gasteiger partial charge in [-0.25, -0.2) is 4.98 Å². The monoisotopic (exact) mass is 499 g/mol. The number of carbonyl (C=O) groups is 1. The van der Waals surface area contributed by atoms with E-state index in [1.54, 1.807) is 36.3 Å². The molecule has 1 aromatic carbocycles. The van der Waals surface area contributed by atoms with Crippen molar-refractivity contribution >= 4 is 42.4 Å². The van der Waals surface area contributed by atoms with Crippen molar-refractivity contribution in [2.24, 2.45) is 5.41 Å². The molecule has 2 aliphatic rings. The van der Waals surface area contributed by atoms with Gasteiger partial charge in [-0.05, 0) is 54.1 Å². The third kappa shape index (κ3) is 4.94. The van der Waals surface area contributed by atoms with Gasteiger partial charge in [0.1, 0.15) is 25.7 Å². The van der Waals surface area contributed by atoms with E-state index in [0.717, 1.165) is 42.2 Å². The molecule has 0 saturated carbocycles. The zero-order valence-electron chi connectivity index (χ0n) is 18.9. The molecule has 2 fully saturated rings. The van der Waals surface area contributed by atoms with Crippen molar-refractivity contribution in [3.05, 3.63) is 59.6 Å². The largest absolute Gasteiger partial charge is 0.405 e. The van der Waals surface area contributed by atoms with Gasteiger partial charge in [0.25, 0.3) is 5.91 Å². The number of piperidine rings is 1. The summed E-state index contributed by atoms with van der Waals surface area (Å²) in [7, 11) is -2.63. The minimum Gasteiger partial charge on any atom is -0.397 e. The van der Waals surface area contributed by atoms with Crippen LogP contribution >= 0.6 is 19.3 Å². The van der Waals surface area contributed by atoms with Crippen LogP contribution < -0.4 is 16.0 Å². The highest BCUT2D eigenvalue weighted by molar-refractivity contribution is 7.59. The molecule has 1 amide bonds. The Morgan fingerprint density at radius 2 is 1.97 bits per heavy atom. The number of thiophene rings is 1. The van der Waals surface area contributed by atoms with Crippen molar-refractivity contribution in [1.82, 2.24) is 4.98 Å². The van der Waals surface area contributed by atoms with E-state index in [0.29, 0.717) is 30.2 Å². The highest BCUT2D eigenvalue weighted by atomic mass is 32.1. The lowest BCUT2D eigenvalue weighted by molar-refractivity contribution is -0.00947. The summed E-state index contributed by atoms with van der Waals surface area (Å²) in [5, 5.41) is 4.93. The number of pyridine rings is 1. The molecule has 178 valence electrons. The van der Waals surface area contributed by atoms with Crippen LogP contribution in [0, 0.1) is 5.41 Å². The highest BCUT2D eigenvalue weighted by Gasteiger charge is 2.49. The van der Waals surface area contributed by atoms with Crippen molar-refractivity contribution in [1.29, 1.82) is 0 Å². The summed E-state index contributed by atoms with van der Waals surface area (Å²) in [6.07, 6.45) is 3.40. The van der Waals surface area contributed by atoms with Crippen LogP contribution in [0.5, 0.6) is 0 Å². The van der Waals surface area contributed by atoms with Gasteiger partial charge >= 0.3 is 7.94 Å². The Hall–Kier alpha value is -2.55. The molecular weight excluding hydrogens is 471 g/mol. The Kier molecular flexibility index (Phi) is 6.31. The lowest BCUT2D eigenvalue weighted by Gasteiger charge is -2.43. The van der Waals surface area contributed by atoms with Crippen molar-refractivity contribution in [3.63, 3.8) is 0 Å². The SMILES string of the molecule is C[P+]1(O)OCC2(CCN(c3ccc(C(=O)Nc4cc(-c5cccs5)ccc4N)cn3)CC2)CO1. The minimum absolute atomic E-state index is 0.0455. The predicted octanol–water partition coefficient (Wildman–Crippen LogP) is 4.66. The Bertz CT molecular complexity index is 1150. The molecule has 5 rings (SSSR count). The molecule has 0 radical (unpaired) electrons. The summed E-state index contributed by atoms with van der Waals surface area (Å²) in [6, 6.07) is 13.3. The fourth-order valence-electron chi connectivity index (χ4n) is 4.25. The van der Waals surface area contributed by atoms with E-state index in [1.165, 1.54) is 0 Å².